The Morgan fingerprint density at radius 3 is 2.76 bits per heavy atom. The van der Waals surface area contributed by atoms with Crippen molar-refractivity contribution >= 4 is 15.7 Å². The number of benzene rings is 1. The van der Waals surface area contributed by atoms with E-state index >= 15 is 0 Å². The van der Waals surface area contributed by atoms with Crippen LogP contribution in [0.2, 0.25) is 0 Å². The summed E-state index contributed by atoms with van der Waals surface area (Å²) in [5.41, 5.74) is 6.09. The summed E-state index contributed by atoms with van der Waals surface area (Å²) in [6.07, 6.45) is 3.56. The van der Waals surface area contributed by atoms with E-state index in [1.54, 1.807) is 0 Å². The Bertz CT molecular complexity index is 589. The molecule has 1 aliphatic carbocycles. The summed E-state index contributed by atoms with van der Waals surface area (Å²) < 4.78 is 32.9. The molecule has 0 saturated heterocycles. The SMILES string of the molecule is COc1cc(N)ccc1S(=O)(=O)NC1CCCCC1CO. The lowest BCUT2D eigenvalue weighted by molar-refractivity contribution is 0.164. The monoisotopic (exact) mass is 314 g/mol. The predicted molar refractivity (Wildman–Crippen MR) is 80.6 cm³/mol. The molecule has 2 atom stereocenters. The highest BCUT2D eigenvalue weighted by atomic mass is 32.2. The van der Waals surface area contributed by atoms with Crippen molar-refractivity contribution in [1.29, 1.82) is 0 Å². The topological polar surface area (TPSA) is 102 Å². The Morgan fingerprint density at radius 2 is 2.10 bits per heavy atom. The number of nitrogens with two attached hydrogens (primary N) is 1. The number of rotatable bonds is 5. The smallest absolute Gasteiger partial charge is 0.244 e. The Labute approximate surface area is 125 Å². The Balaban J connectivity index is 2.25. The molecule has 2 rings (SSSR count). The van der Waals surface area contributed by atoms with Crippen molar-refractivity contribution in [2.24, 2.45) is 5.92 Å². The molecule has 1 fully saturated rings. The van der Waals surface area contributed by atoms with Gasteiger partial charge in [0.2, 0.25) is 10.0 Å². The fourth-order valence-electron chi connectivity index (χ4n) is 2.75. The molecule has 1 aromatic carbocycles. The minimum atomic E-state index is -3.70. The van der Waals surface area contributed by atoms with Crippen LogP contribution >= 0.6 is 0 Å². The molecule has 2 unspecified atom stereocenters. The normalized spacial score (nSPS) is 23.0. The third kappa shape index (κ3) is 3.66. The maximum atomic E-state index is 12.5. The van der Waals surface area contributed by atoms with Crippen molar-refractivity contribution in [2.45, 2.75) is 36.6 Å². The molecule has 21 heavy (non-hydrogen) atoms. The first kappa shape index (κ1) is 16.1. The van der Waals surface area contributed by atoms with E-state index in [2.05, 4.69) is 4.72 Å². The highest BCUT2D eigenvalue weighted by Gasteiger charge is 2.30. The van der Waals surface area contributed by atoms with Gasteiger partial charge >= 0.3 is 0 Å². The van der Waals surface area contributed by atoms with Crippen molar-refractivity contribution in [3.8, 4) is 5.75 Å². The molecule has 6 nitrogen and oxygen atoms in total. The van der Waals surface area contributed by atoms with Crippen LogP contribution < -0.4 is 15.2 Å². The third-order valence-electron chi connectivity index (χ3n) is 3.93. The second-order valence-corrected chi connectivity index (χ2v) is 7.05. The molecule has 0 heterocycles. The minimum Gasteiger partial charge on any atom is -0.495 e. The number of aliphatic hydroxyl groups excluding tert-OH is 1. The molecule has 1 aliphatic rings. The molecule has 0 radical (unpaired) electrons. The first-order valence-corrected chi connectivity index (χ1v) is 8.53. The van der Waals surface area contributed by atoms with E-state index in [0.29, 0.717) is 5.69 Å². The molecule has 0 aromatic heterocycles. The van der Waals surface area contributed by atoms with Gasteiger partial charge in [0.15, 0.2) is 0 Å². The summed E-state index contributed by atoms with van der Waals surface area (Å²) in [6.45, 7) is -0.00788. The van der Waals surface area contributed by atoms with Gasteiger partial charge in [-0.15, -0.1) is 0 Å². The standard InChI is InChI=1S/C14H22N2O4S/c1-20-13-8-11(15)6-7-14(13)21(18,19)16-12-5-3-2-4-10(12)9-17/h6-8,10,12,16-17H,2-5,9,15H2,1H3. The summed E-state index contributed by atoms with van der Waals surface area (Å²) in [5.74, 6) is 0.187. The minimum absolute atomic E-state index is 0.00788. The van der Waals surface area contributed by atoms with E-state index in [0.717, 1.165) is 25.7 Å². The van der Waals surface area contributed by atoms with Gasteiger partial charge in [0, 0.05) is 24.4 Å². The van der Waals surface area contributed by atoms with Crippen LogP contribution in [0.3, 0.4) is 0 Å². The fourth-order valence-corrected chi connectivity index (χ4v) is 4.24. The summed E-state index contributed by atoms with van der Waals surface area (Å²) in [5, 5.41) is 9.39. The molecular formula is C14H22N2O4S. The molecule has 0 bridgehead atoms. The fraction of sp³-hybridized carbons (Fsp3) is 0.571. The van der Waals surface area contributed by atoms with Gasteiger partial charge in [-0.25, -0.2) is 13.1 Å². The Kier molecular flexibility index (Phi) is 5.08. The second kappa shape index (κ2) is 6.64. The van der Waals surface area contributed by atoms with Gasteiger partial charge in [-0.3, -0.25) is 0 Å². The highest BCUT2D eigenvalue weighted by Crippen LogP contribution is 2.29. The lowest BCUT2D eigenvalue weighted by atomic mass is 9.86. The average molecular weight is 314 g/mol. The van der Waals surface area contributed by atoms with Crippen molar-refractivity contribution in [2.75, 3.05) is 19.5 Å². The first-order valence-electron chi connectivity index (χ1n) is 7.04. The first-order chi connectivity index (χ1) is 9.97. The number of methoxy groups -OCH3 is 1. The molecule has 7 heteroatoms. The molecule has 118 valence electrons. The van der Waals surface area contributed by atoms with Crippen LogP contribution in [0.25, 0.3) is 0 Å². The van der Waals surface area contributed by atoms with Crippen molar-refractivity contribution < 1.29 is 18.3 Å². The number of aliphatic hydroxyl groups is 1. The molecule has 4 N–H and O–H groups in total. The van der Waals surface area contributed by atoms with Gasteiger partial charge in [0.25, 0.3) is 0 Å². The summed E-state index contributed by atoms with van der Waals surface area (Å²) in [6, 6.07) is 4.21. The largest absolute Gasteiger partial charge is 0.495 e. The third-order valence-corrected chi connectivity index (χ3v) is 5.46. The van der Waals surface area contributed by atoms with Gasteiger partial charge in [0.05, 0.1) is 7.11 Å². The Hall–Kier alpha value is -1.31. The average Bonchev–Trinajstić information content (AvgIpc) is 2.47. The van der Waals surface area contributed by atoms with E-state index in [4.69, 9.17) is 10.5 Å². The molecule has 1 saturated carbocycles. The van der Waals surface area contributed by atoms with Crippen molar-refractivity contribution in [3.05, 3.63) is 18.2 Å². The molecule has 1 aromatic rings. The Morgan fingerprint density at radius 1 is 1.38 bits per heavy atom. The van der Waals surface area contributed by atoms with Crippen molar-refractivity contribution in [1.82, 2.24) is 4.72 Å². The van der Waals surface area contributed by atoms with Gasteiger partial charge in [0.1, 0.15) is 10.6 Å². The number of hydrogen-bond acceptors (Lipinski definition) is 5. The van der Waals surface area contributed by atoms with Gasteiger partial charge in [-0.05, 0) is 30.9 Å². The number of anilines is 1. The van der Waals surface area contributed by atoms with Crippen LogP contribution in [0.15, 0.2) is 23.1 Å². The maximum absolute atomic E-state index is 12.5. The summed E-state index contributed by atoms with van der Waals surface area (Å²) in [4.78, 5) is 0.0708. The van der Waals surface area contributed by atoms with Crippen LogP contribution in [0.4, 0.5) is 5.69 Å². The quantitative estimate of drug-likeness (QED) is 0.707. The number of nitrogen functional groups attached to an aromatic ring is 1. The van der Waals surface area contributed by atoms with Crippen molar-refractivity contribution in [3.63, 3.8) is 0 Å². The van der Waals surface area contributed by atoms with E-state index in [9.17, 15) is 13.5 Å². The van der Waals surface area contributed by atoms with Crippen LogP contribution in [0.1, 0.15) is 25.7 Å². The van der Waals surface area contributed by atoms with E-state index < -0.39 is 10.0 Å². The zero-order valence-corrected chi connectivity index (χ0v) is 12.9. The number of hydrogen-bond donors (Lipinski definition) is 3. The number of sulfonamides is 1. The van der Waals surface area contributed by atoms with Gasteiger partial charge in [-0.2, -0.15) is 0 Å². The van der Waals surface area contributed by atoms with E-state index in [1.807, 2.05) is 0 Å². The summed E-state index contributed by atoms with van der Waals surface area (Å²) >= 11 is 0. The lowest BCUT2D eigenvalue weighted by Crippen LogP contribution is -2.43. The van der Waals surface area contributed by atoms with Crippen LogP contribution in [-0.2, 0) is 10.0 Å². The zero-order valence-electron chi connectivity index (χ0n) is 12.1. The molecule has 0 aliphatic heterocycles. The van der Waals surface area contributed by atoms with E-state index in [-0.39, 0.29) is 29.2 Å². The van der Waals surface area contributed by atoms with Crippen LogP contribution in [-0.4, -0.2) is 33.3 Å². The number of ether oxygens (including phenoxy) is 1. The van der Waals surface area contributed by atoms with E-state index in [1.165, 1.54) is 25.3 Å². The van der Waals surface area contributed by atoms with Gasteiger partial charge in [-0.1, -0.05) is 12.8 Å². The molecule has 0 amide bonds. The second-order valence-electron chi connectivity index (χ2n) is 5.37. The lowest BCUT2D eigenvalue weighted by Gasteiger charge is -2.30. The van der Waals surface area contributed by atoms with Gasteiger partial charge < -0.3 is 15.6 Å². The zero-order chi connectivity index (χ0) is 15.5. The molecule has 0 spiro atoms. The molecular weight excluding hydrogens is 292 g/mol. The maximum Gasteiger partial charge on any atom is 0.244 e. The highest BCUT2D eigenvalue weighted by molar-refractivity contribution is 7.89. The van der Waals surface area contributed by atoms with Crippen LogP contribution in [0.5, 0.6) is 5.75 Å². The van der Waals surface area contributed by atoms with Crippen LogP contribution in [0, 0.1) is 5.92 Å². The predicted octanol–water partition coefficient (Wildman–Crippen LogP) is 1.11. The number of nitrogens with one attached hydrogen (secondary N) is 1. The summed E-state index contributed by atoms with van der Waals surface area (Å²) in [7, 11) is -2.30.